The quantitative estimate of drug-likeness (QED) is 0.734. The predicted octanol–water partition coefficient (Wildman–Crippen LogP) is 3.05. The van der Waals surface area contributed by atoms with Crippen LogP contribution in [0.2, 0.25) is 0 Å². The van der Waals surface area contributed by atoms with Crippen molar-refractivity contribution in [2.45, 2.75) is 45.1 Å². The van der Waals surface area contributed by atoms with Crippen LogP contribution in [0.1, 0.15) is 44.8 Å². The van der Waals surface area contributed by atoms with E-state index in [9.17, 15) is 4.79 Å². The van der Waals surface area contributed by atoms with Gasteiger partial charge in [0, 0.05) is 31.5 Å². The molecule has 1 aliphatic carbocycles. The second-order valence-electron chi connectivity index (χ2n) is 5.46. The first-order valence-corrected chi connectivity index (χ1v) is 7.55. The van der Waals surface area contributed by atoms with Crippen LogP contribution in [0.25, 0.3) is 0 Å². The second kappa shape index (κ2) is 6.93. The van der Waals surface area contributed by atoms with Crippen LogP contribution in [0.4, 0.5) is 0 Å². The lowest BCUT2D eigenvalue weighted by molar-refractivity contribution is -0.136. The summed E-state index contributed by atoms with van der Waals surface area (Å²) in [4.78, 5) is 14.7. The van der Waals surface area contributed by atoms with Gasteiger partial charge in [-0.3, -0.25) is 4.79 Å². The summed E-state index contributed by atoms with van der Waals surface area (Å²) in [6.45, 7) is 5.56. The molecule has 1 amide bonds. The largest absolute Gasteiger partial charge is 0.469 e. The van der Waals surface area contributed by atoms with Crippen molar-refractivity contribution in [3.63, 3.8) is 0 Å². The van der Waals surface area contributed by atoms with E-state index in [1.54, 1.807) is 13.4 Å². The molecule has 0 saturated heterocycles. The Bertz CT molecular complexity index is 411. The van der Waals surface area contributed by atoms with Crippen molar-refractivity contribution in [2.24, 2.45) is 5.92 Å². The first kappa shape index (κ1) is 15.1. The van der Waals surface area contributed by atoms with Crippen molar-refractivity contribution in [1.29, 1.82) is 0 Å². The van der Waals surface area contributed by atoms with Crippen LogP contribution in [-0.2, 0) is 9.53 Å². The fourth-order valence-corrected chi connectivity index (χ4v) is 2.89. The molecule has 0 aliphatic heterocycles. The maximum absolute atomic E-state index is 12.7. The highest BCUT2D eigenvalue weighted by molar-refractivity contribution is 5.83. The maximum Gasteiger partial charge on any atom is 0.226 e. The van der Waals surface area contributed by atoms with Gasteiger partial charge in [-0.1, -0.05) is 13.8 Å². The monoisotopic (exact) mass is 279 g/mol. The third-order valence-electron chi connectivity index (χ3n) is 4.22. The smallest absolute Gasteiger partial charge is 0.226 e. The number of carbonyl (C=O) groups is 1. The predicted molar refractivity (Wildman–Crippen MR) is 77.5 cm³/mol. The Morgan fingerprint density at radius 1 is 1.50 bits per heavy atom. The Morgan fingerprint density at radius 3 is 2.80 bits per heavy atom. The molecule has 2 unspecified atom stereocenters. The van der Waals surface area contributed by atoms with Gasteiger partial charge in [0.05, 0.1) is 12.9 Å². The second-order valence-corrected chi connectivity index (χ2v) is 5.46. The van der Waals surface area contributed by atoms with Crippen LogP contribution < -0.4 is 0 Å². The molecule has 4 nitrogen and oxygen atoms in total. The lowest BCUT2D eigenvalue weighted by Gasteiger charge is -2.30. The third-order valence-corrected chi connectivity index (χ3v) is 4.22. The summed E-state index contributed by atoms with van der Waals surface area (Å²) in [5, 5.41) is 0. The number of nitrogens with zero attached hydrogens (tertiary/aromatic N) is 1. The summed E-state index contributed by atoms with van der Waals surface area (Å²) in [7, 11) is 1.68. The van der Waals surface area contributed by atoms with Crippen LogP contribution in [0.5, 0.6) is 0 Å². The Balaban J connectivity index is 2.00. The summed E-state index contributed by atoms with van der Waals surface area (Å²) < 4.78 is 10.6. The molecule has 20 heavy (non-hydrogen) atoms. The summed E-state index contributed by atoms with van der Waals surface area (Å²) in [5.41, 5.74) is 0. The number of carbonyl (C=O) groups excluding carboxylic acids is 1. The molecule has 2 rings (SSSR count). The first-order valence-electron chi connectivity index (χ1n) is 7.55. The first-order chi connectivity index (χ1) is 9.72. The molecule has 2 atom stereocenters. The summed E-state index contributed by atoms with van der Waals surface area (Å²) in [5.74, 6) is 1.58. The van der Waals surface area contributed by atoms with Crippen LogP contribution in [-0.4, -0.2) is 37.1 Å². The van der Waals surface area contributed by atoms with Crippen molar-refractivity contribution >= 4 is 5.91 Å². The number of hydrogen-bond donors (Lipinski definition) is 0. The highest BCUT2D eigenvalue weighted by Gasteiger charge is 2.48. The van der Waals surface area contributed by atoms with Gasteiger partial charge in [-0.05, 0) is 31.4 Å². The number of hydrogen-bond acceptors (Lipinski definition) is 3. The average Bonchev–Trinajstić information content (AvgIpc) is 3.08. The van der Waals surface area contributed by atoms with E-state index in [4.69, 9.17) is 9.15 Å². The normalized spacial score (nSPS) is 21.2. The molecule has 1 heterocycles. The van der Waals surface area contributed by atoms with E-state index in [-0.39, 0.29) is 17.7 Å². The molecule has 0 N–H and O–H groups in total. The highest BCUT2D eigenvalue weighted by atomic mass is 16.5. The summed E-state index contributed by atoms with van der Waals surface area (Å²) in [6.07, 6.45) is 4.57. The molecule has 112 valence electrons. The van der Waals surface area contributed by atoms with Crippen molar-refractivity contribution in [2.75, 3.05) is 20.3 Å². The van der Waals surface area contributed by atoms with E-state index in [1.807, 2.05) is 17.0 Å². The molecule has 1 aliphatic rings. The number of amides is 1. The fraction of sp³-hybridized carbons (Fsp3) is 0.688. The molecule has 0 aromatic carbocycles. The maximum atomic E-state index is 12.7. The number of furan rings is 1. The zero-order valence-electron chi connectivity index (χ0n) is 12.7. The molecule has 1 aromatic heterocycles. The summed E-state index contributed by atoms with van der Waals surface area (Å²) >= 11 is 0. The van der Waals surface area contributed by atoms with Gasteiger partial charge < -0.3 is 14.1 Å². The van der Waals surface area contributed by atoms with Crippen LogP contribution in [0.3, 0.4) is 0 Å². The zero-order chi connectivity index (χ0) is 14.5. The standard InChI is InChI=1S/C16H25NO3/c1-4-12(5-2)17(8-10-19-3)16(18)14-11-13(14)15-7-6-9-20-15/h6-7,9,12-14H,4-5,8,10-11H2,1-3H3. The Hall–Kier alpha value is -1.29. The molecule has 1 aromatic rings. The van der Waals surface area contributed by atoms with Crippen LogP contribution >= 0.6 is 0 Å². The fourth-order valence-electron chi connectivity index (χ4n) is 2.89. The molecule has 1 fully saturated rings. The van der Waals surface area contributed by atoms with Crippen molar-refractivity contribution in [3.05, 3.63) is 24.2 Å². The molecule has 4 heteroatoms. The Kier molecular flexibility index (Phi) is 5.24. The van der Waals surface area contributed by atoms with Crippen LogP contribution in [0.15, 0.2) is 22.8 Å². The van der Waals surface area contributed by atoms with Gasteiger partial charge in [-0.2, -0.15) is 0 Å². The Labute approximate surface area is 121 Å². The number of ether oxygens (including phenoxy) is 1. The van der Waals surface area contributed by atoms with E-state index < -0.39 is 0 Å². The van der Waals surface area contributed by atoms with Crippen LogP contribution in [0, 0.1) is 5.92 Å². The van der Waals surface area contributed by atoms with E-state index in [0.717, 1.165) is 25.0 Å². The van der Waals surface area contributed by atoms with E-state index in [1.165, 1.54) is 0 Å². The van der Waals surface area contributed by atoms with E-state index in [0.29, 0.717) is 19.2 Å². The molecule has 0 spiro atoms. The van der Waals surface area contributed by atoms with Gasteiger partial charge in [-0.15, -0.1) is 0 Å². The SMILES string of the molecule is CCC(CC)N(CCOC)C(=O)C1CC1c1ccco1. The van der Waals surface area contributed by atoms with Crippen molar-refractivity contribution in [1.82, 2.24) is 4.90 Å². The third kappa shape index (κ3) is 3.23. The minimum Gasteiger partial charge on any atom is -0.469 e. The molecular formula is C16H25NO3. The van der Waals surface area contributed by atoms with E-state index >= 15 is 0 Å². The van der Waals surface area contributed by atoms with Gasteiger partial charge in [0.25, 0.3) is 0 Å². The lowest BCUT2D eigenvalue weighted by atomic mass is 10.1. The summed E-state index contributed by atoms with van der Waals surface area (Å²) in [6, 6.07) is 4.17. The minimum atomic E-state index is 0.0959. The van der Waals surface area contributed by atoms with Crippen molar-refractivity contribution < 1.29 is 13.9 Å². The zero-order valence-corrected chi connectivity index (χ0v) is 12.7. The molecule has 0 radical (unpaired) electrons. The average molecular weight is 279 g/mol. The topological polar surface area (TPSA) is 42.7 Å². The number of methoxy groups -OCH3 is 1. The van der Waals surface area contributed by atoms with Gasteiger partial charge >= 0.3 is 0 Å². The minimum absolute atomic E-state index is 0.0959. The molecular weight excluding hydrogens is 254 g/mol. The van der Waals surface area contributed by atoms with Gasteiger partial charge in [-0.25, -0.2) is 0 Å². The lowest BCUT2D eigenvalue weighted by Crippen LogP contribution is -2.42. The van der Waals surface area contributed by atoms with Gasteiger partial charge in [0.15, 0.2) is 0 Å². The highest BCUT2D eigenvalue weighted by Crippen LogP contribution is 2.48. The van der Waals surface area contributed by atoms with Gasteiger partial charge in [0.1, 0.15) is 5.76 Å². The van der Waals surface area contributed by atoms with E-state index in [2.05, 4.69) is 13.8 Å². The molecule has 0 bridgehead atoms. The molecule has 1 saturated carbocycles. The number of rotatable bonds is 8. The van der Waals surface area contributed by atoms with Crippen molar-refractivity contribution in [3.8, 4) is 0 Å². The van der Waals surface area contributed by atoms with Gasteiger partial charge in [0.2, 0.25) is 5.91 Å². The Morgan fingerprint density at radius 2 is 2.25 bits per heavy atom.